The summed E-state index contributed by atoms with van der Waals surface area (Å²) in [6.07, 6.45) is 6.69. The van der Waals surface area contributed by atoms with Crippen molar-refractivity contribution in [3.05, 3.63) is 0 Å². The second kappa shape index (κ2) is 8.54. The number of unbranched alkanes of at least 4 members (excludes halogenated alkanes) is 3. The number of ether oxygens (including phenoxy) is 1. The monoisotopic (exact) mass is 242 g/mol. The van der Waals surface area contributed by atoms with Crippen LogP contribution in [0.4, 0.5) is 0 Å². The lowest BCUT2D eigenvalue weighted by Gasteiger charge is -2.26. The van der Waals surface area contributed by atoms with Crippen LogP contribution in [0, 0.1) is 11.3 Å². The van der Waals surface area contributed by atoms with Gasteiger partial charge in [0.25, 0.3) is 0 Å². The molecule has 0 spiro atoms. The molecule has 0 fully saturated rings. The molecule has 0 amide bonds. The predicted molar refractivity (Wildman–Crippen MR) is 73.0 cm³/mol. The van der Waals surface area contributed by atoms with Crippen molar-refractivity contribution in [1.82, 2.24) is 0 Å². The van der Waals surface area contributed by atoms with E-state index in [9.17, 15) is 4.79 Å². The van der Waals surface area contributed by atoms with E-state index in [1.54, 1.807) is 0 Å². The zero-order valence-electron chi connectivity index (χ0n) is 12.3. The summed E-state index contributed by atoms with van der Waals surface area (Å²) < 4.78 is 5.38. The average Bonchev–Trinajstić information content (AvgIpc) is 2.31. The number of esters is 1. The van der Waals surface area contributed by atoms with Gasteiger partial charge >= 0.3 is 5.97 Å². The van der Waals surface area contributed by atoms with E-state index in [-0.39, 0.29) is 11.4 Å². The van der Waals surface area contributed by atoms with Gasteiger partial charge in [-0.3, -0.25) is 4.79 Å². The third-order valence-corrected chi connectivity index (χ3v) is 3.40. The third kappa shape index (κ3) is 6.70. The van der Waals surface area contributed by atoms with Crippen LogP contribution in [0.25, 0.3) is 0 Å². The Morgan fingerprint density at radius 3 is 2.29 bits per heavy atom. The molecule has 102 valence electrons. The Morgan fingerprint density at radius 2 is 1.82 bits per heavy atom. The summed E-state index contributed by atoms with van der Waals surface area (Å²) >= 11 is 0. The van der Waals surface area contributed by atoms with Crippen molar-refractivity contribution in [2.75, 3.05) is 6.61 Å². The zero-order valence-corrected chi connectivity index (χ0v) is 12.3. The lowest BCUT2D eigenvalue weighted by atomic mass is 9.82. The van der Waals surface area contributed by atoms with Crippen molar-refractivity contribution in [2.45, 2.75) is 73.1 Å². The standard InChI is InChI=1S/C15H30O2/c1-6-8-9-10-11-15(5,7-2)14(16)17-12-13(3)4/h13H,6-12H2,1-5H3. The van der Waals surface area contributed by atoms with Gasteiger partial charge in [-0.15, -0.1) is 0 Å². The molecule has 0 rings (SSSR count). The normalized spacial score (nSPS) is 14.7. The number of rotatable bonds is 9. The Morgan fingerprint density at radius 1 is 1.18 bits per heavy atom. The molecule has 0 saturated heterocycles. The molecule has 0 radical (unpaired) electrons. The fraction of sp³-hybridized carbons (Fsp3) is 0.933. The molecule has 0 saturated carbocycles. The van der Waals surface area contributed by atoms with E-state index < -0.39 is 0 Å². The van der Waals surface area contributed by atoms with Crippen molar-refractivity contribution >= 4 is 5.97 Å². The average molecular weight is 242 g/mol. The molecule has 0 aliphatic carbocycles. The highest BCUT2D eigenvalue weighted by Gasteiger charge is 2.32. The lowest BCUT2D eigenvalue weighted by Crippen LogP contribution is -2.30. The Kier molecular flexibility index (Phi) is 8.28. The van der Waals surface area contributed by atoms with E-state index >= 15 is 0 Å². The van der Waals surface area contributed by atoms with E-state index in [1.807, 2.05) is 6.92 Å². The molecule has 2 nitrogen and oxygen atoms in total. The zero-order chi connectivity index (χ0) is 13.3. The van der Waals surface area contributed by atoms with E-state index in [2.05, 4.69) is 27.7 Å². The van der Waals surface area contributed by atoms with Crippen LogP contribution in [0.2, 0.25) is 0 Å². The van der Waals surface area contributed by atoms with Crippen LogP contribution in [-0.2, 0) is 9.53 Å². The highest BCUT2D eigenvalue weighted by Crippen LogP contribution is 2.30. The SMILES string of the molecule is CCCCCCC(C)(CC)C(=O)OCC(C)C. The first-order valence-electron chi connectivity index (χ1n) is 7.13. The summed E-state index contributed by atoms with van der Waals surface area (Å²) in [5.74, 6) is 0.408. The van der Waals surface area contributed by atoms with Gasteiger partial charge in [-0.1, -0.05) is 53.4 Å². The highest BCUT2D eigenvalue weighted by molar-refractivity contribution is 5.76. The van der Waals surface area contributed by atoms with Crippen LogP contribution in [0.3, 0.4) is 0 Å². The number of carbonyl (C=O) groups excluding carboxylic acids is 1. The van der Waals surface area contributed by atoms with Gasteiger partial charge in [0, 0.05) is 0 Å². The van der Waals surface area contributed by atoms with Crippen LogP contribution in [0.15, 0.2) is 0 Å². The first-order chi connectivity index (χ1) is 7.96. The molecule has 0 aromatic rings. The number of hydrogen-bond donors (Lipinski definition) is 0. The first-order valence-corrected chi connectivity index (χ1v) is 7.13. The van der Waals surface area contributed by atoms with E-state index in [4.69, 9.17) is 4.74 Å². The molecule has 0 N–H and O–H groups in total. The van der Waals surface area contributed by atoms with Crippen LogP contribution >= 0.6 is 0 Å². The third-order valence-electron chi connectivity index (χ3n) is 3.40. The maximum Gasteiger partial charge on any atom is 0.311 e. The second-order valence-electron chi connectivity index (χ2n) is 5.72. The number of hydrogen-bond acceptors (Lipinski definition) is 2. The summed E-state index contributed by atoms with van der Waals surface area (Å²) in [5.41, 5.74) is -0.275. The summed E-state index contributed by atoms with van der Waals surface area (Å²) in [6.45, 7) is 11.0. The molecular formula is C15H30O2. The van der Waals surface area contributed by atoms with E-state index in [0.29, 0.717) is 12.5 Å². The van der Waals surface area contributed by atoms with E-state index in [1.165, 1.54) is 19.3 Å². The molecule has 0 aliphatic rings. The first kappa shape index (κ1) is 16.5. The fourth-order valence-corrected chi connectivity index (χ4v) is 1.78. The molecule has 1 atom stereocenters. The van der Waals surface area contributed by atoms with Gasteiger partial charge in [-0.05, 0) is 25.7 Å². The van der Waals surface area contributed by atoms with Crippen molar-refractivity contribution in [1.29, 1.82) is 0 Å². The minimum absolute atomic E-state index is 0.00908. The molecule has 0 aliphatic heterocycles. The molecular weight excluding hydrogens is 212 g/mol. The lowest BCUT2D eigenvalue weighted by molar-refractivity contribution is -0.156. The highest BCUT2D eigenvalue weighted by atomic mass is 16.5. The van der Waals surface area contributed by atoms with Crippen molar-refractivity contribution in [2.24, 2.45) is 11.3 Å². The van der Waals surface area contributed by atoms with Gasteiger partial charge in [0.1, 0.15) is 0 Å². The smallest absolute Gasteiger partial charge is 0.311 e. The Balaban J connectivity index is 4.10. The van der Waals surface area contributed by atoms with Crippen LogP contribution in [0.5, 0.6) is 0 Å². The fourth-order valence-electron chi connectivity index (χ4n) is 1.78. The molecule has 2 heteroatoms. The van der Waals surface area contributed by atoms with Crippen molar-refractivity contribution in [3.63, 3.8) is 0 Å². The molecule has 0 heterocycles. The molecule has 0 bridgehead atoms. The van der Waals surface area contributed by atoms with Gasteiger partial charge in [0.2, 0.25) is 0 Å². The maximum absolute atomic E-state index is 12.0. The maximum atomic E-state index is 12.0. The van der Waals surface area contributed by atoms with Gasteiger partial charge in [0.15, 0.2) is 0 Å². The summed E-state index contributed by atoms with van der Waals surface area (Å²) in [5, 5.41) is 0. The van der Waals surface area contributed by atoms with Gasteiger partial charge < -0.3 is 4.74 Å². The van der Waals surface area contributed by atoms with Gasteiger partial charge in [-0.2, -0.15) is 0 Å². The number of carbonyl (C=O) groups is 1. The Hall–Kier alpha value is -0.530. The minimum Gasteiger partial charge on any atom is -0.465 e. The Bertz CT molecular complexity index is 211. The largest absolute Gasteiger partial charge is 0.465 e. The van der Waals surface area contributed by atoms with E-state index in [0.717, 1.165) is 19.3 Å². The van der Waals surface area contributed by atoms with Crippen molar-refractivity contribution < 1.29 is 9.53 Å². The van der Waals surface area contributed by atoms with Gasteiger partial charge in [0.05, 0.1) is 12.0 Å². The second-order valence-corrected chi connectivity index (χ2v) is 5.72. The Labute approximate surface area is 107 Å². The molecule has 0 aromatic carbocycles. The minimum atomic E-state index is -0.275. The predicted octanol–water partition coefficient (Wildman–Crippen LogP) is 4.57. The summed E-state index contributed by atoms with van der Waals surface area (Å²) in [7, 11) is 0. The van der Waals surface area contributed by atoms with Crippen LogP contribution in [0.1, 0.15) is 73.1 Å². The molecule has 0 aromatic heterocycles. The molecule has 1 unspecified atom stereocenters. The van der Waals surface area contributed by atoms with Gasteiger partial charge in [-0.25, -0.2) is 0 Å². The van der Waals surface area contributed by atoms with Crippen molar-refractivity contribution in [3.8, 4) is 0 Å². The topological polar surface area (TPSA) is 26.3 Å². The van der Waals surface area contributed by atoms with Crippen LogP contribution in [-0.4, -0.2) is 12.6 Å². The summed E-state index contributed by atoms with van der Waals surface area (Å²) in [4.78, 5) is 12.0. The molecule has 17 heavy (non-hydrogen) atoms. The quantitative estimate of drug-likeness (QED) is 0.437. The van der Waals surface area contributed by atoms with Crippen LogP contribution < -0.4 is 0 Å². The summed E-state index contributed by atoms with van der Waals surface area (Å²) in [6, 6.07) is 0.